The lowest BCUT2D eigenvalue weighted by Crippen LogP contribution is -2.40. The molecule has 0 amide bonds. The highest BCUT2D eigenvalue weighted by Gasteiger charge is 2.33. The monoisotopic (exact) mass is 211 g/mol. The lowest BCUT2D eigenvalue weighted by Gasteiger charge is -2.33. The highest BCUT2D eigenvalue weighted by Crippen LogP contribution is 2.29. The summed E-state index contributed by atoms with van der Waals surface area (Å²) in [5.41, 5.74) is 5.11. The molecule has 1 heterocycles. The van der Waals surface area contributed by atoms with Crippen LogP contribution < -0.4 is 5.73 Å². The molecule has 1 aromatic heterocycles. The highest BCUT2D eigenvalue weighted by atomic mass is 16.3. The topological polar surface area (TPSA) is 89.8 Å². The van der Waals surface area contributed by atoms with Crippen LogP contribution in [0.5, 0.6) is 0 Å². The van der Waals surface area contributed by atoms with Crippen molar-refractivity contribution in [2.24, 2.45) is 12.8 Å². The molecular weight excluding hydrogens is 194 g/mol. The summed E-state index contributed by atoms with van der Waals surface area (Å²) >= 11 is 0. The fourth-order valence-corrected chi connectivity index (χ4v) is 2.04. The zero-order valence-electron chi connectivity index (χ0n) is 8.93. The Hall–Kier alpha value is -1.01. The molecule has 6 nitrogen and oxygen atoms in total. The first-order valence-corrected chi connectivity index (χ1v) is 5.28. The first-order chi connectivity index (χ1) is 7.07. The van der Waals surface area contributed by atoms with Crippen molar-refractivity contribution >= 4 is 0 Å². The van der Waals surface area contributed by atoms with Gasteiger partial charge in [-0.2, -0.15) is 4.80 Å². The molecule has 0 aromatic carbocycles. The number of aryl methyl sites for hydroxylation is 1. The van der Waals surface area contributed by atoms with E-state index in [4.69, 9.17) is 5.73 Å². The van der Waals surface area contributed by atoms with Crippen molar-refractivity contribution in [3.8, 4) is 0 Å². The summed E-state index contributed by atoms with van der Waals surface area (Å²) in [4.78, 5) is 1.41. The van der Waals surface area contributed by atoms with Gasteiger partial charge in [0.25, 0.3) is 0 Å². The maximum atomic E-state index is 10.3. The zero-order chi connectivity index (χ0) is 10.9. The van der Waals surface area contributed by atoms with E-state index in [1.807, 2.05) is 0 Å². The standard InChI is InChI=1S/C9H17N5O/c1-14-12-8(11-13-14)6-9(15)4-2-7(10)3-5-9/h7,15H,2-6,10H2,1H3. The van der Waals surface area contributed by atoms with Gasteiger partial charge in [-0.1, -0.05) is 0 Å². The van der Waals surface area contributed by atoms with E-state index in [0.717, 1.165) is 25.7 Å². The second-order valence-electron chi connectivity index (χ2n) is 4.43. The molecule has 2 rings (SSSR count). The summed E-state index contributed by atoms with van der Waals surface area (Å²) in [6.07, 6.45) is 3.68. The number of rotatable bonds is 2. The molecule has 0 spiro atoms. The van der Waals surface area contributed by atoms with Gasteiger partial charge in [-0.3, -0.25) is 0 Å². The van der Waals surface area contributed by atoms with Crippen LogP contribution in [0.15, 0.2) is 0 Å². The second-order valence-corrected chi connectivity index (χ2v) is 4.43. The van der Waals surface area contributed by atoms with Gasteiger partial charge in [0.2, 0.25) is 0 Å². The number of nitrogens with zero attached hydrogens (tertiary/aromatic N) is 4. The Morgan fingerprint density at radius 1 is 1.53 bits per heavy atom. The average molecular weight is 211 g/mol. The van der Waals surface area contributed by atoms with Crippen LogP contribution in [0.1, 0.15) is 31.5 Å². The second kappa shape index (κ2) is 3.86. The molecule has 3 N–H and O–H groups in total. The van der Waals surface area contributed by atoms with Crippen LogP contribution in [0.2, 0.25) is 0 Å². The molecule has 0 atom stereocenters. The lowest BCUT2D eigenvalue weighted by atomic mass is 9.80. The van der Waals surface area contributed by atoms with Gasteiger partial charge >= 0.3 is 0 Å². The van der Waals surface area contributed by atoms with E-state index < -0.39 is 5.60 Å². The number of tetrazole rings is 1. The molecule has 0 saturated heterocycles. The van der Waals surface area contributed by atoms with Gasteiger partial charge in [0, 0.05) is 12.5 Å². The molecule has 1 aliphatic carbocycles. The molecule has 1 aromatic rings. The third-order valence-corrected chi connectivity index (χ3v) is 3.00. The van der Waals surface area contributed by atoms with E-state index in [1.165, 1.54) is 4.80 Å². The van der Waals surface area contributed by atoms with Crippen LogP contribution in [0.25, 0.3) is 0 Å². The summed E-state index contributed by atoms with van der Waals surface area (Å²) in [6, 6.07) is 0.236. The first-order valence-electron chi connectivity index (χ1n) is 5.28. The Kier molecular flexibility index (Phi) is 2.70. The fraction of sp³-hybridized carbons (Fsp3) is 0.889. The lowest BCUT2D eigenvalue weighted by molar-refractivity contribution is -0.00150. The molecule has 0 bridgehead atoms. The molecule has 15 heavy (non-hydrogen) atoms. The van der Waals surface area contributed by atoms with Gasteiger partial charge in [0.15, 0.2) is 5.82 Å². The minimum Gasteiger partial charge on any atom is -0.389 e. The van der Waals surface area contributed by atoms with Crippen molar-refractivity contribution in [3.63, 3.8) is 0 Å². The van der Waals surface area contributed by atoms with Gasteiger partial charge in [-0.05, 0) is 30.9 Å². The Morgan fingerprint density at radius 3 is 2.73 bits per heavy atom. The quantitative estimate of drug-likeness (QED) is 0.680. The Bertz CT molecular complexity index is 329. The zero-order valence-corrected chi connectivity index (χ0v) is 8.93. The van der Waals surface area contributed by atoms with Crippen molar-refractivity contribution in [2.45, 2.75) is 43.7 Å². The number of hydrogen-bond acceptors (Lipinski definition) is 5. The van der Waals surface area contributed by atoms with E-state index in [0.29, 0.717) is 12.2 Å². The first kappa shape index (κ1) is 10.5. The van der Waals surface area contributed by atoms with Crippen molar-refractivity contribution < 1.29 is 5.11 Å². The van der Waals surface area contributed by atoms with E-state index in [1.54, 1.807) is 7.05 Å². The Balaban J connectivity index is 1.99. The molecule has 0 radical (unpaired) electrons. The predicted octanol–water partition coefficient (Wildman–Crippen LogP) is -0.615. The van der Waals surface area contributed by atoms with Crippen LogP contribution in [-0.2, 0) is 13.5 Å². The molecule has 1 aliphatic rings. The molecule has 1 fully saturated rings. The van der Waals surface area contributed by atoms with Crippen molar-refractivity contribution in [1.82, 2.24) is 20.2 Å². The van der Waals surface area contributed by atoms with Gasteiger partial charge in [0.05, 0.1) is 12.6 Å². The number of aliphatic hydroxyl groups is 1. The van der Waals surface area contributed by atoms with E-state index in [2.05, 4.69) is 15.4 Å². The van der Waals surface area contributed by atoms with Crippen LogP contribution >= 0.6 is 0 Å². The molecule has 0 unspecified atom stereocenters. The minimum absolute atomic E-state index is 0.236. The molecule has 84 valence electrons. The summed E-state index contributed by atoms with van der Waals surface area (Å²) in [5.74, 6) is 0.607. The number of nitrogens with two attached hydrogens (primary N) is 1. The summed E-state index contributed by atoms with van der Waals surface area (Å²) in [6.45, 7) is 0. The van der Waals surface area contributed by atoms with E-state index in [-0.39, 0.29) is 6.04 Å². The summed E-state index contributed by atoms with van der Waals surface area (Å²) in [5, 5.41) is 22.0. The van der Waals surface area contributed by atoms with Crippen LogP contribution in [0.4, 0.5) is 0 Å². The van der Waals surface area contributed by atoms with Crippen LogP contribution in [0.3, 0.4) is 0 Å². The van der Waals surface area contributed by atoms with Crippen molar-refractivity contribution in [3.05, 3.63) is 5.82 Å². The van der Waals surface area contributed by atoms with Gasteiger partial charge in [0.1, 0.15) is 0 Å². The third kappa shape index (κ3) is 2.51. The maximum Gasteiger partial charge on any atom is 0.177 e. The summed E-state index contributed by atoms with van der Waals surface area (Å²) < 4.78 is 0. The smallest absolute Gasteiger partial charge is 0.177 e. The molecular formula is C9H17N5O. The SMILES string of the molecule is Cn1nnc(CC2(O)CCC(N)CC2)n1. The van der Waals surface area contributed by atoms with Crippen molar-refractivity contribution in [1.29, 1.82) is 0 Å². The van der Waals surface area contributed by atoms with Crippen LogP contribution in [-0.4, -0.2) is 37.0 Å². The molecule has 0 aliphatic heterocycles. The van der Waals surface area contributed by atoms with Gasteiger partial charge in [-0.15, -0.1) is 10.2 Å². The fourth-order valence-electron chi connectivity index (χ4n) is 2.04. The highest BCUT2D eigenvalue weighted by molar-refractivity contribution is 4.94. The minimum atomic E-state index is -0.682. The van der Waals surface area contributed by atoms with E-state index >= 15 is 0 Å². The molecule has 1 saturated carbocycles. The molecule has 6 heteroatoms. The average Bonchev–Trinajstić information content (AvgIpc) is 2.57. The van der Waals surface area contributed by atoms with Crippen molar-refractivity contribution in [2.75, 3.05) is 0 Å². The largest absolute Gasteiger partial charge is 0.389 e. The van der Waals surface area contributed by atoms with E-state index in [9.17, 15) is 5.11 Å². The number of aromatic nitrogens is 4. The van der Waals surface area contributed by atoms with Gasteiger partial charge < -0.3 is 10.8 Å². The van der Waals surface area contributed by atoms with Gasteiger partial charge in [-0.25, -0.2) is 0 Å². The Morgan fingerprint density at radius 2 is 2.20 bits per heavy atom. The summed E-state index contributed by atoms with van der Waals surface area (Å²) in [7, 11) is 1.72. The normalized spacial score (nSPS) is 31.8. The Labute approximate surface area is 88.5 Å². The van der Waals surface area contributed by atoms with Crippen LogP contribution in [0, 0.1) is 0 Å². The maximum absolute atomic E-state index is 10.3. The predicted molar refractivity (Wildman–Crippen MR) is 53.9 cm³/mol. The third-order valence-electron chi connectivity index (χ3n) is 3.00. The number of hydrogen-bond donors (Lipinski definition) is 2.